The van der Waals surface area contributed by atoms with Crippen LogP contribution in [0.5, 0.6) is 5.75 Å². The van der Waals surface area contributed by atoms with Crippen LogP contribution >= 0.6 is 0 Å². The molecule has 25 heavy (non-hydrogen) atoms. The summed E-state index contributed by atoms with van der Waals surface area (Å²) in [5.74, 6) is 1.28. The van der Waals surface area contributed by atoms with E-state index < -0.39 is 0 Å². The fourth-order valence-electron chi connectivity index (χ4n) is 2.79. The predicted molar refractivity (Wildman–Crippen MR) is 104 cm³/mol. The van der Waals surface area contributed by atoms with Crippen LogP contribution < -0.4 is 10.1 Å². The van der Waals surface area contributed by atoms with Crippen LogP contribution in [0.15, 0.2) is 42.5 Å². The van der Waals surface area contributed by atoms with Gasteiger partial charge < -0.3 is 10.1 Å². The third-order valence-electron chi connectivity index (χ3n) is 4.34. The van der Waals surface area contributed by atoms with E-state index in [1.165, 1.54) is 11.1 Å². The molecular weight excluding hydrogens is 310 g/mol. The standard InChI is InChI=1S/C22H29NO2/c1-5-18-11-13-19(14-12-18)25-15-7-10-21(24)23-22-17(4)8-6-9-20(22)16(2)3/h6,8-9,11-14,16H,5,7,10,15H2,1-4H3,(H,23,24). The molecular formula is C22H29NO2. The van der Waals surface area contributed by atoms with E-state index in [0.717, 1.165) is 23.4 Å². The quantitative estimate of drug-likeness (QED) is 0.647. The number of aryl methyl sites for hydroxylation is 2. The summed E-state index contributed by atoms with van der Waals surface area (Å²) >= 11 is 0. The molecule has 0 aliphatic rings. The third kappa shape index (κ3) is 5.63. The molecule has 2 aromatic carbocycles. The van der Waals surface area contributed by atoms with E-state index in [9.17, 15) is 4.79 Å². The van der Waals surface area contributed by atoms with Gasteiger partial charge in [0, 0.05) is 12.1 Å². The SMILES string of the molecule is CCc1ccc(OCCCC(=O)Nc2c(C)cccc2C(C)C)cc1. The van der Waals surface area contributed by atoms with Crippen molar-refractivity contribution in [2.75, 3.05) is 11.9 Å². The van der Waals surface area contributed by atoms with Crippen molar-refractivity contribution in [1.82, 2.24) is 0 Å². The fourth-order valence-corrected chi connectivity index (χ4v) is 2.79. The number of para-hydroxylation sites is 1. The first-order chi connectivity index (χ1) is 12.0. The van der Waals surface area contributed by atoms with Crippen molar-refractivity contribution in [1.29, 1.82) is 0 Å². The molecule has 2 rings (SSSR count). The second-order valence-corrected chi connectivity index (χ2v) is 6.69. The van der Waals surface area contributed by atoms with E-state index in [4.69, 9.17) is 4.74 Å². The van der Waals surface area contributed by atoms with Crippen LogP contribution in [0, 0.1) is 6.92 Å². The van der Waals surface area contributed by atoms with E-state index in [1.54, 1.807) is 0 Å². The number of rotatable bonds is 8. The summed E-state index contributed by atoms with van der Waals surface area (Å²) in [5.41, 5.74) is 4.54. The molecule has 2 aromatic rings. The van der Waals surface area contributed by atoms with Crippen LogP contribution in [0.25, 0.3) is 0 Å². The number of carbonyl (C=O) groups excluding carboxylic acids is 1. The van der Waals surface area contributed by atoms with Gasteiger partial charge >= 0.3 is 0 Å². The summed E-state index contributed by atoms with van der Waals surface area (Å²) in [6, 6.07) is 14.3. The number of carbonyl (C=O) groups is 1. The van der Waals surface area contributed by atoms with Gasteiger partial charge in [-0.05, 0) is 54.5 Å². The number of nitrogens with one attached hydrogen (secondary N) is 1. The number of anilines is 1. The molecule has 134 valence electrons. The van der Waals surface area contributed by atoms with Crippen LogP contribution in [0.3, 0.4) is 0 Å². The van der Waals surface area contributed by atoms with Gasteiger partial charge in [-0.3, -0.25) is 4.79 Å². The van der Waals surface area contributed by atoms with Crippen LogP contribution in [0.1, 0.15) is 56.2 Å². The van der Waals surface area contributed by atoms with Gasteiger partial charge in [-0.15, -0.1) is 0 Å². The highest BCUT2D eigenvalue weighted by atomic mass is 16.5. The van der Waals surface area contributed by atoms with Gasteiger partial charge in [0.15, 0.2) is 0 Å². The van der Waals surface area contributed by atoms with Gasteiger partial charge in [0.05, 0.1) is 6.61 Å². The number of amides is 1. The molecule has 3 heteroatoms. The number of benzene rings is 2. The zero-order chi connectivity index (χ0) is 18.2. The minimum absolute atomic E-state index is 0.0427. The Labute approximate surface area is 151 Å². The maximum absolute atomic E-state index is 12.3. The van der Waals surface area contributed by atoms with Crippen molar-refractivity contribution in [3.05, 3.63) is 59.2 Å². The number of hydrogen-bond donors (Lipinski definition) is 1. The fraction of sp³-hybridized carbons (Fsp3) is 0.409. The minimum atomic E-state index is 0.0427. The molecule has 0 aromatic heterocycles. The molecule has 0 saturated carbocycles. The number of hydrogen-bond acceptors (Lipinski definition) is 2. The van der Waals surface area contributed by atoms with E-state index in [2.05, 4.69) is 44.3 Å². The zero-order valence-corrected chi connectivity index (χ0v) is 15.8. The highest BCUT2D eigenvalue weighted by molar-refractivity contribution is 5.92. The van der Waals surface area contributed by atoms with Crippen molar-refractivity contribution < 1.29 is 9.53 Å². The lowest BCUT2D eigenvalue weighted by Gasteiger charge is -2.16. The Hall–Kier alpha value is -2.29. The Morgan fingerprint density at radius 2 is 1.84 bits per heavy atom. The first-order valence-corrected chi connectivity index (χ1v) is 9.12. The maximum atomic E-state index is 12.3. The Morgan fingerprint density at radius 1 is 1.12 bits per heavy atom. The van der Waals surface area contributed by atoms with Crippen LogP contribution in [0.4, 0.5) is 5.69 Å². The summed E-state index contributed by atoms with van der Waals surface area (Å²) < 4.78 is 5.71. The largest absolute Gasteiger partial charge is 0.494 e. The molecule has 0 spiro atoms. The summed E-state index contributed by atoms with van der Waals surface area (Å²) in [6.07, 6.45) is 2.18. The van der Waals surface area contributed by atoms with E-state index in [0.29, 0.717) is 25.4 Å². The Morgan fingerprint density at radius 3 is 2.48 bits per heavy atom. The maximum Gasteiger partial charge on any atom is 0.224 e. The highest BCUT2D eigenvalue weighted by Crippen LogP contribution is 2.27. The molecule has 0 heterocycles. The predicted octanol–water partition coefficient (Wildman–Crippen LogP) is 5.48. The normalized spacial score (nSPS) is 10.8. The molecule has 0 aliphatic heterocycles. The highest BCUT2D eigenvalue weighted by Gasteiger charge is 2.11. The molecule has 0 fully saturated rings. The van der Waals surface area contributed by atoms with Crippen molar-refractivity contribution in [2.24, 2.45) is 0 Å². The van der Waals surface area contributed by atoms with Crippen molar-refractivity contribution in [2.45, 2.75) is 52.9 Å². The Balaban J connectivity index is 1.81. The second-order valence-electron chi connectivity index (χ2n) is 6.69. The monoisotopic (exact) mass is 339 g/mol. The van der Waals surface area contributed by atoms with Crippen LogP contribution in [0.2, 0.25) is 0 Å². The van der Waals surface area contributed by atoms with Gasteiger partial charge in [0.2, 0.25) is 5.91 Å². The summed E-state index contributed by atoms with van der Waals surface area (Å²) in [7, 11) is 0. The van der Waals surface area contributed by atoms with E-state index in [1.807, 2.05) is 31.2 Å². The van der Waals surface area contributed by atoms with Gasteiger partial charge in [-0.2, -0.15) is 0 Å². The molecule has 0 aliphatic carbocycles. The smallest absolute Gasteiger partial charge is 0.224 e. The average Bonchev–Trinajstić information content (AvgIpc) is 2.60. The second kappa shape index (κ2) is 9.26. The Kier molecular flexibility index (Phi) is 7.05. The topological polar surface area (TPSA) is 38.3 Å². The van der Waals surface area contributed by atoms with Gasteiger partial charge in [0.25, 0.3) is 0 Å². The Bertz CT molecular complexity index is 690. The van der Waals surface area contributed by atoms with E-state index in [-0.39, 0.29) is 5.91 Å². The molecule has 0 radical (unpaired) electrons. The van der Waals surface area contributed by atoms with Crippen molar-refractivity contribution >= 4 is 11.6 Å². The molecule has 1 amide bonds. The lowest BCUT2D eigenvalue weighted by atomic mass is 9.98. The van der Waals surface area contributed by atoms with Crippen LogP contribution in [-0.4, -0.2) is 12.5 Å². The lowest BCUT2D eigenvalue weighted by molar-refractivity contribution is -0.116. The third-order valence-corrected chi connectivity index (χ3v) is 4.34. The molecule has 3 nitrogen and oxygen atoms in total. The van der Waals surface area contributed by atoms with E-state index >= 15 is 0 Å². The van der Waals surface area contributed by atoms with Gasteiger partial charge in [-0.1, -0.05) is 51.1 Å². The van der Waals surface area contributed by atoms with Crippen LogP contribution in [-0.2, 0) is 11.2 Å². The number of ether oxygens (including phenoxy) is 1. The van der Waals surface area contributed by atoms with Crippen molar-refractivity contribution in [3.63, 3.8) is 0 Å². The first-order valence-electron chi connectivity index (χ1n) is 9.12. The zero-order valence-electron chi connectivity index (χ0n) is 15.8. The summed E-state index contributed by atoms with van der Waals surface area (Å²) in [4.78, 5) is 12.3. The molecule has 0 bridgehead atoms. The molecule has 1 N–H and O–H groups in total. The minimum Gasteiger partial charge on any atom is -0.494 e. The lowest BCUT2D eigenvalue weighted by Crippen LogP contribution is -2.15. The van der Waals surface area contributed by atoms with Gasteiger partial charge in [0.1, 0.15) is 5.75 Å². The van der Waals surface area contributed by atoms with Crippen molar-refractivity contribution in [3.8, 4) is 5.75 Å². The molecule has 0 unspecified atom stereocenters. The molecule has 0 saturated heterocycles. The van der Waals surface area contributed by atoms with Gasteiger partial charge in [-0.25, -0.2) is 0 Å². The molecule has 0 atom stereocenters. The first kappa shape index (κ1) is 19.0. The average molecular weight is 339 g/mol. The summed E-state index contributed by atoms with van der Waals surface area (Å²) in [6.45, 7) is 8.99. The summed E-state index contributed by atoms with van der Waals surface area (Å²) in [5, 5.41) is 3.08.